The molecule has 0 atom stereocenters. The van der Waals surface area contributed by atoms with Crippen molar-refractivity contribution in [2.24, 2.45) is 0 Å². The summed E-state index contributed by atoms with van der Waals surface area (Å²) in [6, 6.07) is 8.31. The van der Waals surface area contributed by atoms with Gasteiger partial charge in [-0.3, -0.25) is 4.79 Å². The first-order chi connectivity index (χ1) is 13.6. The van der Waals surface area contributed by atoms with Crippen molar-refractivity contribution in [3.05, 3.63) is 59.7 Å². The van der Waals surface area contributed by atoms with Crippen LogP contribution in [-0.4, -0.2) is 33.6 Å². The van der Waals surface area contributed by atoms with Crippen LogP contribution >= 0.6 is 0 Å². The Morgan fingerprint density at radius 2 is 1.13 bits per heavy atom. The second-order valence-electron chi connectivity index (χ2n) is 5.32. The summed E-state index contributed by atoms with van der Waals surface area (Å²) < 4.78 is 127. The van der Waals surface area contributed by atoms with Crippen LogP contribution in [0.3, 0.4) is 0 Å². The van der Waals surface area contributed by atoms with Gasteiger partial charge < -0.3 is 8.37 Å². The first-order valence-electron chi connectivity index (χ1n) is 7.30. The Bertz CT molecular complexity index is 1150. The average molecular weight is 478 g/mol. The highest BCUT2D eigenvalue weighted by Gasteiger charge is 2.51. The fraction of sp³-hybridized carbons (Fsp3) is 0.133. The third-order valence-electron chi connectivity index (χ3n) is 3.21. The van der Waals surface area contributed by atoms with Gasteiger partial charge in [-0.2, -0.15) is 43.2 Å². The maximum atomic E-state index is 12.6. The molecule has 0 spiro atoms. The van der Waals surface area contributed by atoms with Gasteiger partial charge >= 0.3 is 31.3 Å². The minimum absolute atomic E-state index is 0.0151. The molecule has 0 amide bonds. The summed E-state index contributed by atoms with van der Waals surface area (Å²) in [4.78, 5) is 12.4. The molecule has 2 aromatic rings. The number of ketones is 1. The summed E-state index contributed by atoms with van der Waals surface area (Å²) in [5.41, 5.74) is -12.5. The van der Waals surface area contributed by atoms with E-state index in [4.69, 9.17) is 0 Å². The van der Waals surface area contributed by atoms with Gasteiger partial charge in [0.15, 0.2) is 17.3 Å². The van der Waals surface area contributed by atoms with Crippen molar-refractivity contribution in [1.29, 1.82) is 0 Å². The van der Waals surface area contributed by atoms with E-state index in [1.807, 2.05) is 0 Å². The van der Waals surface area contributed by atoms with Crippen LogP contribution < -0.4 is 8.37 Å². The SMILES string of the molecule is O=C(c1ccccc1)c1ccc(OS(=O)(=O)C(F)(F)F)c(OS(=O)(=O)C(F)(F)F)c1. The van der Waals surface area contributed by atoms with Crippen molar-refractivity contribution < 1.29 is 56.3 Å². The minimum atomic E-state index is -6.44. The Morgan fingerprint density at radius 1 is 0.667 bits per heavy atom. The molecule has 0 heterocycles. The standard InChI is InChI=1S/C15H8F6O7S2/c16-14(17,18)29(23,24)27-11-7-6-10(13(22)9-4-2-1-3-5-9)8-12(11)28-30(25,26)15(19,20)21/h1-8H. The molecule has 15 heteroatoms. The van der Waals surface area contributed by atoms with Crippen LogP contribution in [0, 0.1) is 0 Å². The Morgan fingerprint density at radius 3 is 1.60 bits per heavy atom. The van der Waals surface area contributed by atoms with Crippen LogP contribution in [0.15, 0.2) is 48.5 Å². The van der Waals surface area contributed by atoms with Gasteiger partial charge in [0.2, 0.25) is 0 Å². The molecule has 30 heavy (non-hydrogen) atoms. The van der Waals surface area contributed by atoms with Gasteiger partial charge in [-0.05, 0) is 18.2 Å². The number of carbonyl (C=O) groups excluding carboxylic acids is 1. The highest BCUT2D eigenvalue weighted by Crippen LogP contribution is 2.37. The second-order valence-corrected chi connectivity index (χ2v) is 8.40. The van der Waals surface area contributed by atoms with E-state index in [-0.39, 0.29) is 5.56 Å². The smallest absolute Gasteiger partial charge is 0.372 e. The summed E-state index contributed by atoms with van der Waals surface area (Å²) in [5, 5.41) is 0. The molecule has 2 rings (SSSR count). The molecule has 0 saturated heterocycles. The van der Waals surface area contributed by atoms with Gasteiger partial charge in [0.25, 0.3) is 0 Å². The first-order valence-corrected chi connectivity index (χ1v) is 10.1. The number of hydrogen-bond donors (Lipinski definition) is 0. The molecule has 0 aliphatic carbocycles. The lowest BCUT2D eigenvalue weighted by atomic mass is 10.0. The highest BCUT2D eigenvalue weighted by atomic mass is 32.2. The molecule has 2 aromatic carbocycles. The predicted octanol–water partition coefficient (Wildman–Crippen LogP) is 3.37. The van der Waals surface area contributed by atoms with Crippen LogP contribution in [0.2, 0.25) is 0 Å². The quantitative estimate of drug-likeness (QED) is 0.271. The summed E-state index contributed by atoms with van der Waals surface area (Å²) in [5.74, 6) is -4.01. The van der Waals surface area contributed by atoms with Crippen molar-refractivity contribution in [2.45, 2.75) is 11.0 Å². The zero-order valence-electron chi connectivity index (χ0n) is 14.1. The fourth-order valence-corrected chi connectivity index (χ4v) is 2.80. The Labute approximate surface area is 165 Å². The van der Waals surface area contributed by atoms with E-state index in [9.17, 15) is 48.0 Å². The first kappa shape index (κ1) is 23.5. The van der Waals surface area contributed by atoms with Crippen LogP contribution in [0.5, 0.6) is 11.5 Å². The van der Waals surface area contributed by atoms with Crippen LogP contribution in [0.25, 0.3) is 0 Å². The average Bonchev–Trinajstić information content (AvgIpc) is 2.61. The largest absolute Gasteiger partial charge is 0.534 e. The minimum Gasteiger partial charge on any atom is -0.372 e. The monoisotopic (exact) mass is 478 g/mol. The summed E-state index contributed by atoms with van der Waals surface area (Å²) in [6.07, 6.45) is 0. The fourth-order valence-electron chi connectivity index (χ4n) is 1.87. The number of benzene rings is 2. The molecule has 0 aliphatic rings. The lowest BCUT2D eigenvalue weighted by molar-refractivity contribution is -0.0513. The number of halogens is 6. The van der Waals surface area contributed by atoms with Gasteiger partial charge in [-0.1, -0.05) is 30.3 Å². The normalized spacial score (nSPS) is 13.0. The third kappa shape index (κ3) is 5.02. The molecule has 0 N–H and O–H groups in total. The Balaban J connectivity index is 2.59. The topological polar surface area (TPSA) is 104 Å². The van der Waals surface area contributed by atoms with E-state index in [0.717, 1.165) is 0 Å². The lowest BCUT2D eigenvalue weighted by Gasteiger charge is -2.15. The molecule has 0 unspecified atom stereocenters. The molecule has 0 aromatic heterocycles. The molecule has 0 fully saturated rings. The molecule has 0 aliphatic heterocycles. The molecular formula is C15H8F6O7S2. The van der Waals surface area contributed by atoms with E-state index in [1.54, 1.807) is 0 Å². The Hall–Kier alpha value is -2.81. The van der Waals surface area contributed by atoms with Gasteiger partial charge in [0.05, 0.1) is 0 Å². The maximum absolute atomic E-state index is 12.6. The summed E-state index contributed by atoms with van der Waals surface area (Å²) >= 11 is 0. The number of carbonyl (C=O) groups is 1. The van der Waals surface area contributed by atoms with E-state index in [1.165, 1.54) is 30.3 Å². The highest BCUT2D eigenvalue weighted by molar-refractivity contribution is 7.88. The molecule has 7 nitrogen and oxygen atoms in total. The maximum Gasteiger partial charge on any atom is 0.534 e. The predicted molar refractivity (Wildman–Crippen MR) is 87.5 cm³/mol. The molecule has 164 valence electrons. The van der Waals surface area contributed by atoms with E-state index in [2.05, 4.69) is 8.37 Å². The van der Waals surface area contributed by atoms with Gasteiger partial charge in [0.1, 0.15) is 0 Å². The van der Waals surface area contributed by atoms with Gasteiger partial charge in [-0.15, -0.1) is 0 Å². The zero-order valence-corrected chi connectivity index (χ0v) is 15.7. The molecule has 0 bridgehead atoms. The lowest BCUT2D eigenvalue weighted by Crippen LogP contribution is -2.30. The van der Waals surface area contributed by atoms with Gasteiger partial charge in [-0.25, -0.2) is 0 Å². The van der Waals surface area contributed by atoms with Crippen LogP contribution in [0.1, 0.15) is 15.9 Å². The molecule has 0 saturated carbocycles. The van der Waals surface area contributed by atoms with Crippen LogP contribution in [-0.2, 0) is 20.2 Å². The van der Waals surface area contributed by atoms with E-state index < -0.39 is 54.1 Å². The van der Waals surface area contributed by atoms with Crippen molar-refractivity contribution >= 4 is 26.0 Å². The summed E-state index contributed by atoms with van der Waals surface area (Å²) in [7, 11) is -12.8. The number of hydrogen-bond acceptors (Lipinski definition) is 7. The number of rotatable bonds is 6. The number of alkyl halides is 6. The molecule has 0 radical (unpaired) electrons. The van der Waals surface area contributed by atoms with Crippen molar-refractivity contribution in [2.75, 3.05) is 0 Å². The summed E-state index contributed by atoms with van der Waals surface area (Å²) in [6.45, 7) is 0. The zero-order chi connectivity index (χ0) is 23.0. The Kier molecular flexibility index (Phi) is 6.09. The van der Waals surface area contributed by atoms with Crippen molar-refractivity contribution in [3.63, 3.8) is 0 Å². The van der Waals surface area contributed by atoms with E-state index >= 15 is 0 Å². The van der Waals surface area contributed by atoms with Crippen molar-refractivity contribution in [1.82, 2.24) is 0 Å². The third-order valence-corrected chi connectivity index (χ3v) is 5.14. The second kappa shape index (κ2) is 7.79. The van der Waals surface area contributed by atoms with Gasteiger partial charge in [0, 0.05) is 11.1 Å². The molecular weight excluding hydrogens is 470 g/mol. The van der Waals surface area contributed by atoms with E-state index in [0.29, 0.717) is 18.2 Å². The van der Waals surface area contributed by atoms with Crippen LogP contribution in [0.4, 0.5) is 26.3 Å². The van der Waals surface area contributed by atoms with Crippen molar-refractivity contribution in [3.8, 4) is 11.5 Å².